The predicted molar refractivity (Wildman–Crippen MR) is 49.4 cm³/mol. The van der Waals surface area contributed by atoms with Crippen molar-refractivity contribution in [1.29, 1.82) is 5.26 Å². The van der Waals surface area contributed by atoms with Crippen molar-refractivity contribution >= 4 is 0 Å². The van der Waals surface area contributed by atoms with E-state index in [-0.39, 0.29) is 0 Å². The Labute approximate surface area is 77.8 Å². The van der Waals surface area contributed by atoms with Crippen LogP contribution in [0.5, 0.6) is 0 Å². The van der Waals surface area contributed by atoms with Gasteiger partial charge in [-0.3, -0.25) is 0 Å². The van der Waals surface area contributed by atoms with Crippen molar-refractivity contribution < 1.29 is 0 Å². The number of rotatable bonds is 1. The Balaban J connectivity index is 2.16. The van der Waals surface area contributed by atoms with Crippen LogP contribution in [0.3, 0.4) is 0 Å². The highest BCUT2D eigenvalue weighted by atomic mass is 15.0. The summed E-state index contributed by atoms with van der Waals surface area (Å²) >= 11 is 0. The number of aromatic nitrogens is 1. The molecule has 1 saturated carbocycles. The van der Waals surface area contributed by atoms with Gasteiger partial charge in [0.05, 0.1) is 5.56 Å². The minimum atomic E-state index is 0.777. The van der Waals surface area contributed by atoms with E-state index in [0.29, 0.717) is 0 Å². The van der Waals surface area contributed by atoms with Crippen molar-refractivity contribution in [2.75, 3.05) is 0 Å². The van der Waals surface area contributed by atoms with Crippen LogP contribution in [0.2, 0.25) is 0 Å². The molecular formula is C11H12N2. The zero-order valence-electron chi connectivity index (χ0n) is 7.58. The average Bonchev–Trinajstić information content (AvgIpc) is 2.77. The van der Waals surface area contributed by atoms with Crippen molar-refractivity contribution in [1.82, 2.24) is 4.57 Å². The molecule has 13 heavy (non-hydrogen) atoms. The summed E-state index contributed by atoms with van der Waals surface area (Å²) in [6.45, 7) is 1.14. The zero-order valence-corrected chi connectivity index (χ0v) is 7.58. The van der Waals surface area contributed by atoms with Crippen molar-refractivity contribution in [2.24, 2.45) is 0 Å². The average molecular weight is 172 g/mol. The van der Waals surface area contributed by atoms with E-state index in [1.54, 1.807) is 0 Å². The van der Waals surface area contributed by atoms with Crippen LogP contribution in [0.15, 0.2) is 6.07 Å². The van der Waals surface area contributed by atoms with E-state index in [2.05, 4.69) is 16.7 Å². The molecule has 1 aromatic heterocycles. The quantitative estimate of drug-likeness (QED) is 0.638. The van der Waals surface area contributed by atoms with Gasteiger partial charge in [0.1, 0.15) is 6.07 Å². The molecule has 0 radical (unpaired) electrons. The lowest BCUT2D eigenvalue weighted by molar-refractivity contribution is 0.708. The van der Waals surface area contributed by atoms with Crippen LogP contribution in [0.25, 0.3) is 0 Å². The summed E-state index contributed by atoms with van der Waals surface area (Å²) in [6, 6.07) is 4.43. The lowest BCUT2D eigenvalue weighted by Crippen LogP contribution is -1.97. The van der Waals surface area contributed by atoms with Gasteiger partial charge >= 0.3 is 0 Å². The van der Waals surface area contributed by atoms with E-state index in [1.807, 2.05) is 0 Å². The first-order valence-corrected chi connectivity index (χ1v) is 5.02. The zero-order chi connectivity index (χ0) is 8.84. The molecule has 0 aromatic carbocycles. The molecule has 66 valence electrons. The molecule has 1 fully saturated rings. The summed E-state index contributed by atoms with van der Waals surface area (Å²) in [5.41, 5.74) is 3.66. The first-order chi connectivity index (χ1) is 6.40. The Bertz CT molecular complexity index is 391. The molecule has 2 heteroatoms. The van der Waals surface area contributed by atoms with Gasteiger partial charge in [-0.1, -0.05) is 0 Å². The Morgan fingerprint density at radius 2 is 2.31 bits per heavy atom. The Morgan fingerprint density at radius 1 is 1.46 bits per heavy atom. The minimum absolute atomic E-state index is 0.777. The van der Waals surface area contributed by atoms with Gasteiger partial charge in [0.25, 0.3) is 0 Å². The van der Waals surface area contributed by atoms with Gasteiger partial charge < -0.3 is 4.57 Å². The lowest BCUT2D eigenvalue weighted by atomic mass is 10.2. The number of nitrogens with zero attached hydrogens (tertiary/aromatic N) is 2. The SMILES string of the molecule is N#Cc1cc(C2CC2)n2c1CCC2. The second-order valence-corrected chi connectivity index (χ2v) is 4.07. The minimum Gasteiger partial charge on any atom is -0.347 e. The van der Waals surface area contributed by atoms with Crippen LogP contribution in [0.4, 0.5) is 0 Å². The summed E-state index contributed by atoms with van der Waals surface area (Å²) in [5.74, 6) is 0.777. The topological polar surface area (TPSA) is 28.7 Å². The molecule has 3 rings (SSSR count). The monoisotopic (exact) mass is 172 g/mol. The summed E-state index contributed by atoms with van der Waals surface area (Å²) < 4.78 is 2.39. The van der Waals surface area contributed by atoms with Crippen LogP contribution in [0, 0.1) is 11.3 Å². The molecule has 1 aliphatic carbocycles. The highest BCUT2D eigenvalue weighted by Crippen LogP contribution is 2.42. The molecule has 2 aliphatic rings. The number of fused-ring (bicyclic) bond motifs is 1. The van der Waals surface area contributed by atoms with E-state index < -0.39 is 0 Å². The maximum atomic E-state index is 8.95. The highest BCUT2D eigenvalue weighted by molar-refractivity contribution is 5.41. The number of hydrogen-bond acceptors (Lipinski definition) is 1. The van der Waals surface area contributed by atoms with Gasteiger partial charge in [-0.25, -0.2) is 0 Å². The molecule has 2 heterocycles. The van der Waals surface area contributed by atoms with Gasteiger partial charge in [-0.2, -0.15) is 5.26 Å². The smallest absolute Gasteiger partial charge is 0.101 e. The summed E-state index contributed by atoms with van der Waals surface area (Å²) in [6.07, 6.45) is 4.99. The first kappa shape index (κ1) is 7.20. The second kappa shape index (κ2) is 2.38. The molecule has 0 unspecified atom stereocenters. The second-order valence-electron chi connectivity index (χ2n) is 4.07. The summed E-state index contributed by atoms with van der Waals surface area (Å²) in [5, 5.41) is 8.95. The first-order valence-electron chi connectivity index (χ1n) is 5.02. The molecule has 2 nitrogen and oxygen atoms in total. The largest absolute Gasteiger partial charge is 0.347 e. The molecule has 0 spiro atoms. The molecule has 0 bridgehead atoms. The van der Waals surface area contributed by atoms with Crippen molar-refractivity contribution in [2.45, 2.75) is 38.1 Å². The lowest BCUT2D eigenvalue weighted by Gasteiger charge is -2.02. The fourth-order valence-corrected chi connectivity index (χ4v) is 2.36. The third-order valence-electron chi connectivity index (χ3n) is 3.15. The molecule has 1 aliphatic heterocycles. The Hall–Kier alpha value is -1.23. The van der Waals surface area contributed by atoms with E-state index in [1.165, 1.54) is 30.7 Å². The summed E-state index contributed by atoms with van der Waals surface area (Å²) in [7, 11) is 0. The van der Waals surface area contributed by atoms with Crippen molar-refractivity contribution in [3.8, 4) is 6.07 Å². The third-order valence-corrected chi connectivity index (χ3v) is 3.15. The molecule has 0 N–H and O–H groups in total. The molecular weight excluding hydrogens is 160 g/mol. The maximum Gasteiger partial charge on any atom is 0.101 e. The van der Waals surface area contributed by atoms with Gasteiger partial charge in [0.2, 0.25) is 0 Å². The van der Waals surface area contributed by atoms with Gasteiger partial charge in [0.15, 0.2) is 0 Å². The maximum absolute atomic E-state index is 8.95. The molecule has 1 aromatic rings. The predicted octanol–water partition coefficient (Wildman–Crippen LogP) is 2.18. The van der Waals surface area contributed by atoms with Crippen LogP contribution in [-0.4, -0.2) is 4.57 Å². The highest BCUT2D eigenvalue weighted by Gasteiger charge is 2.30. The van der Waals surface area contributed by atoms with Crippen LogP contribution in [0.1, 0.15) is 42.1 Å². The van der Waals surface area contributed by atoms with Crippen LogP contribution >= 0.6 is 0 Å². The van der Waals surface area contributed by atoms with Gasteiger partial charge in [-0.05, 0) is 37.7 Å². The molecule has 0 atom stereocenters. The number of hydrogen-bond donors (Lipinski definition) is 0. The van der Waals surface area contributed by atoms with Crippen LogP contribution < -0.4 is 0 Å². The fourth-order valence-electron chi connectivity index (χ4n) is 2.36. The van der Waals surface area contributed by atoms with E-state index >= 15 is 0 Å². The normalized spacial score (nSPS) is 19.9. The molecule has 0 saturated heterocycles. The van der Waals surface area contributed by atoms with E-state index in [4.69, 9.17) is 5.26 Å². The van der Waals surface area contributed by atoms with Gasteiger partial charge in [0, 0.05) is 17.9 Å². The summed E-state index contributed by atoms with van der Waals surface area (Å²) in [4.78, 5) is 0. The standard InChI is InChI=1S/C11H12N2/c12-7-9-6-11(8-3-4-8)13-5-1-2-10(9)13/h6,8H,1-5H2. The van der Waals surface area contributed by atoms with Crippen LogP contribution in [-0.2, 0) is 13.0 Å². The van der Waals surface area contributed by atoms with E-state index in [9.17, 15) is 0 Å². The Morgan fingerprint density at radius 3 is 3.00 bits per heavy atom. The third kappa shape index (κ3) is 0.935. The number of nitriles is 1. The van der Waals surface area contributed by atoms with Gasteiger partial charge in [-0.15, -0.1) is 0 Å². The van der Waals surface area contributed by atoms with Crippen molar-refractivity contribution in [3.63, 3.8) is 0 Å². The van der Waals surface area contributed by atoms with Crippen molar-refractivity contribution in [3.05, 3.63) is 23.0 Å². The molecule has 0 amide bonds. The Kier molecular flexibility index (Phi) is 1.32. The fraction of sp³-hybridized carbons (Fsp3) is 0.545. The van der Waals surface area contributed by atoms with E-state index in [0.717, 1.165) is 24.4 Å².